The Bertz CT molecular complexity index is 1170. The molecular weight excluding hydrogens is 458 g/mol. The van der Waals surface area contributed by atoms with Crippen molar-refractivity contribution >= 4 is 21.5 Å². The Morgan fingerprint density at radius 2 is 1.55 bits per heavy atom. The minimum Gasteiger partial charge on any atom is -0.444 e. The molecule has 0 saturated carbocycles. The third-order valence-corrected chi connectivity index (χ3v) is 5.09. The van der Waals surface area contributed by atoms with Crippen molar-refractivity contribution in [2.75, 3.05) is 7.11 Å². The molecule has 0 fully saturated rings. The maximum absolute atomic E-state index is 5.42. The molecule has 1 aliphatic heterocycles. The molecule has 1 N–H and O–H groups in total. The highest BCUT2D eigenvalue weighted by Crippen LogP contribution is 2.27. The SMILES string of the molecule is Brc1cccc(-c2cnco2)c1.COC1NC=CC=C1c1cccc(-c2cnco2)c1. The van der Waals surface area contributed by atoms with Gasteiger partial charge in [-0.25, -0.2) is 9.97 Å². The van der Waals surface area contributed by atoms with Gasteiger partial charge in [0.1, 0.15) is 0 Å². The van der Waals surface area contributed by atoms with Gasteiger partial charge in [0.25, 0.3) is 0 Å². The summed E-state index contributed by atoms with van der Waals surface area (Å²) in [5.74, 6) is 1.55. The van der Waals surface area contributed by atoms with E-state index in [0.717, 1.165) is 38.3 Å². The van der Waals surface area contributed by atoms with Crippen LogP contribution in [0, 0.1) is 0 Å². The van der Waals surface area contributed by atoms with E-state index in [1.54, 1.807) is 19.5 Å². The standard InChI is InChI=1S/C15H14N2O2.C9H6BrNO/c1-18-15-13(6-3-7-17-15)11-4-2-5-12(8-11)14-9-16-10-19-14;10-8-3-1-2-7(4-8)9-5-11-6-12-9/h2-10,15,17H,1H3;1-6H. The smallest absolute Gasteiger partial charge is 0.181 e. The Kier molecular flexibility index (Phi) is 6.76. The summed E-state index contributed by atoms with van der Waals surface area (Å²) in [5, 5.41) is 3.16. The van der Waals surface area contributed by atoms with Crippen LogP contribution in [-0.4, -0.2) is 23.3 Å². The van der Waals surface area contributed by atoms with Gasteiger partial charge in [-0.15, -0.1) is 0 Å². The quantitative estimate of drug-likeness (QED) is 0.393. The van der Waals surface area contributed by atoms with Gasteiger partial charge >= 0.3 is 0 Å². The van der Waals surface area contributed by atoms with Crippen molar-refractivity contribution in [1.29, 1.82) is 0 Å². The first-order valence-electron chi connectivity index (χ1n) is 9.54. The number of dihydropyridines is 1. The topological polar surface area (TPSA) is 73.3 Å². The van der Waals surface area contributed by atoms with Crippen molar-refractivity contribution in [3.8, 4) is 22.6 Å². The monoisotopic (exact) mass is 477 g/mol. The van der Waals surface area contributed by atoms with Gasteiger partial charge in [0.2, 0.25) is 0 Å². The van der Waals surface area contributed by atoms with Crippen LogP contribution in [0.4, 0.5) is 0 Å². The lowest BCUT2D eigenvalue weighted by molar-refractivity contribution is 0.131. The molecule has 0 saturated heterocycles. The number of hydrogen-bond donors (Lipinski definition) is 1. The average molecular weight is 478 g/mol. The molecule has 0 aliphatic carbocycles. The first-order valence-corrected chi connectivity index (χ1v) is 10.3. The molecule has 3 heterocycles. The zero-order valence-electron chi connectivity index (χ0n) is 16.7. The molecule has 0 amide bonds. The lowest BCUT2D eigenvalue weighted by Crippen LogP contribution is -2.29. The van der Waals surface area contributed by atoms with E-state index in [2.05, 4.69) is 43.3 Å². The number of oxazole rings is 2. The van der Waals surface area contributed by atoms with Crippen molar-refractivity contribution in [3.05, 3.63) is 102 Å². The molecule has 0 spiro atoms. The van der Waals surface area contributed by atoms with Gasteiger partial charge in [0.05, 0.1) is 12.4 Å². The second-order valence-corrected chi connectivity index (χ2v) is 7.50. The number of nitrogens with zero attached hydrogens (tertiary/aromatic N) is 2. The first kappa shape index (κ1) is 20.8. The van der Waals surface area contributed by atoms with E-state index in [9.17, 15) is 0 Å². The fourth-order valence-electron chi connectivity index (χ4n) is 3.12. The summed E-state index contributed by atoms with van der Waals surface area (Å²) in [6, 6.07) is 16.0. The molecule has 1 atom stereocenters. The second-order valence-electron chi connectivity index (χ2n) is 6.59. The van der Waals surface area contributed by atoms with Crippen LogP contribution in [0.1, 0.15) is 5.56 Å². The van der Waals surface area contributed by atoms with Gasteiger partial charge in [-0.3, -0.25) is 0 Å². The maximum atomic E-state index is 5.42. The van der Waals surface area contributed by atoms with Crippen LogP contribution >= 0.6 is 15.9 Å². The predicted octanol–water partition coefficient (Wildman–Crippen LogP) is 5.92. The molecule has 2 aromatic carbocycles. The molecule has 4 aromatic rings. The molecule has 1 aliphatic rings. The number of benzene rings is 2. The second kappa shape index (κ2) is 10.1. The summed E-state index contributed by atoms with van der Waals surface area (Å²) in [5.41, 5.74) is 4.21. The zero-order valence-corrected chi connectivity index (χ0v) is 18.3. The summed E-state index contributed by atoms with van der Waals surface area (Å²) < 4.78 is 16.9. The van der Waals surface area contributed by atoms with Crippen molar-refractivity contribution in [2.24, 2.45) is 0 Å². The van der Waals surface area contributed by atoms with E-state index < -0.39 is 0 Å². The van der Waals surface area contributed by atoms with E-state index in [-0.39, 0.29) is 6.23 Å². The van der Waals surface area contributed by atoms with Crippen LogP contribution in [0.15, 0.2) is 105 Å². The molecule has 7 heteroatoms. The van der Waals surface area contributed by atoms with Crippen molar-refractivity contribution < 1.29 is 13.6 Å². The summed E-state index contributed by atoms with van der Waals surface area (Å²) in [4.78, 5) is 7.79. The molecule has 0 radical (unpaired) electrons. The van der Waals surface area contributed by atoms with E-state index in [1.807, 2.05) is 54.8 Å². The van der Waals surface area contributed by atoms with Crippen LogP contribution in [-0.2, 0) is 4.74 Å². The highest BCUT2D eigenvalue weighted by atomic mass is 79.9. The van der Waals surface area contributed by atoms with Crippen molar-refractivity contribution in [3.63, 3.8) is 0 Å². The van der Waals surface area contributed by atoms with Crippen LogP contribution in [0.5, 0.6) is 0 Å². The predicted molar refractivity (Wildman–Crippen MR) is 123 cm³/mol. The average Bonchev–Trinajstić information content (AvgIpc) is 3.54. The lowest BCUT2D eigenvalue weighted by atomic mass is 9.99. The minimum absolute atomic E-state index is 0.130. The summed E-state index contributed by atoms with van der Waals surface area (Å²) in [6.45, 7) is 0. The Balaban J connectivity index is 0.000000166. The van der Waals surface area contributed by atoms with Crippen molar-refractivity contribution in [1.82, 2.24) is 15.3 Å². The third-order valence-electron chi connectivity index (χ3n) is 4.59. The first-order chi connectivity index (χ1) is 15.2. The van der Waals surface area contributed by atoms with Crippen molar-refractivity contribution in [2.45, 2.75) is 6.23 Å². The Labute approximate surface area is 188 Å². The molecule has 1 unspecified atom stereocenters. The number of rotatable bonds is 4. The molecule has 5 rings (SSSR count). The van der Waals surface area contributed by atoms with Gasteiger partial charge in [0.15, 0.2) is 30.5 Å². The highest BCUT2D eigenvalue weighted by Gasteiger charge is 2.16. The van der Waals surface area contributed by atoms with Gasteiger partial charge in [-0.1, -0.05) is 52.3 Å². The molecule has 6 nitrogen and oxygen atoms in total. The molecule has 0 bridgehead atoms. The van der Waals surface area contributed by atoms with Crippen LogP contribution in [0.2, 0.25) is 0 Å². The Morgan fingerprint density at radius 1 is 0.903 bits per heavy atom. The minimum atomic E-state index is -0.130. The van der Waals surface area contributed by atoms with Gasteiger partial charge in [-0.05, 0) is 36.0 Å². The number of ether oxygens (including phenoxy) is 1. The van der Waals surface area contributed by atoms with Crippen LogP contribution < -0.4 is 5.32 Å². The van der Waals surface area contributed by atoms with E-state index >= 15 is 0 Å². The van der Waals surface area contributed by atoms with Crippen LogP contribution in [0.3, 0.4) is 0 Å². The maximum Gasteiger partial charge on any atom is 0.181 e. The summed E-state index contributed by atoms with van der Waals surface area (Å²) >= 11 is 3.39. The molecular formula is C24H20BrN3O3. The number of hydrogen-bond acceptors (Lipinski definition) is 6. The summed E-state index contributed by atoms with van der Waals surface area (Å²) in [7, 11) is 1.69. The fourth-order valence-corrected chi connectivity index (χ4v) is 3.52. The Morgan fingerprint density at radius 3 is 2.16 bits per heavy atom. The van der Waals surface area contributed by atoms with Gasteiger partial charge in [0, 0.05) is 28.3 Å². The number of methoxy groups -OCH3 is 1. The molecule has 2 aromatic heterocycles. The highest BCUT2D eigenvalue weighted by molar-refractivity contribution is 9.10. The number of allylic oxidation sites excluding steroid dienone is 2. The lowest BCUT2D eigenvalue weighted by Gasteiger charge is -2.22. The van der Waals surface area contributed by atoms with Crippen LogP contribution in [0.25, 0.3) is 28.2 Å². The Hall–Kier alpha value is -3.42. The normalized spacial score (nSPS) is 14.9. The summed E-state index contributed by atoms with van der Waals surface area (Å²) in [6.07, 6.45) is 12.0. The fraction of sp³-hybridized carbons (Fsp3) is 0.0833. The number of aromatic nitrogens is 2. The number of nitrogens with one attached hydrogen (secondary N) is 1. The van der Waals surface area contributed by atoms with Gasteiger partial charge in [-0.2, -0.15) is 0 Å². The zero-order chi connectivity index (χ0) is 21.5. The van der Waals surface area contributed by atoms with E-state index in [0.29, 0.717) is 0 Å². The largest absolute Gasteiger partial charge is 0.444 e. The number of halogens is 1. The van der Waals surface area contributed by atoms with E-state index in [4.69, 9.17) is 13.6 Å². The molecule has 156 valence electrons. The third kappa shape index (κ3) is 5.20. The van der Waals surface area contributed by atoms with E-state index in [1.165, 1.54) is 12.8 Å². The molecule has 31 heavy (non-hydrogen) atoms. The van der Waals surface area contributed by atoms with Gasteiger partial charge < -0.3 is 18.9 Å².